The molecule has 136 valence electrons. The summed E-state index contributed by atoms with van der Waals surface area (Å²) in [6.45, 7) is 4.21. The van der Waals surface area contributed by atoms with Gasteiger partial charge < -0.3 is 5.11 Å². The summed E-state index contributed by atoms with van der Waals surface area (Å²) in [5.41, 5.74) is 1.31. The second-order valence-electron chi connectivity index (χ2n) is 6.42. The molecule has 5 nitrogen and oxygen atoms in total. The van der Waals surface area contributed by atoms with Gasteiger partial charge in [0.1, 0.15) is 16.5 Å². The summed E-state index contributed by atoms with van der Waals surface area (Å²) in [7, 11) is 0. The molecule has 0 atom stereocenters. The first kappa shape index (κ1) is 18.3. The molecule has 3 rings (SSSR count). The van der Waals surface area contributed by atoms with E-state index in [2.05, 4.69) is 4.98 Å². The largest absolute Gasteiger partial charge is 0.481 e. The molecular weight excluding hydrogens is 355 g/mol. The smallest absolute Gasteiger partial charge is 0.303 e. The molecule has 0 unspecified atom stereocenters. The first-order valence-corrected chi connectivity index (χ1v) is 9.26. The zero-order valence-electron chi connectivity index (χ0n) is 14.5. The fourth-order valence-corrected chi connectivity index (χ4v) is 3.87. The van der Waals surface area contributed by atoms with E-state index in [4.69, 9.17) is 5.11 Å². The third-order valence-corrected chi connectivity index (χ3v) is 5.04. The summed E-state index contributed by atoms with van der Waals surface area (Å²) in [4.78, 5) is 29.3. The molecule has 1 N–H and O–H groups in total. The summed E-state index contributed by atoms with van der Waals surface area (Å²) in [5.74, 6) is -0.533. The van der Waals surface area contributed by atoms with Crippen molar-refractivity contribution in [1.82, 2.24) is 9.55 Å². The molecule has 0 saturated heterocycles. The molecule has 1 aromatic carbocycles. The van der Waals surface area contributed by atoms with Gasteiger partial charge in [-0.15, -0.1) is 11.3 Å². The fourth-order valence-electron chi connectivity index (χ4n) is 2.93. The van der Waals surface area contributed by atoms with Crippen molar-refractivity contribution in [3.05, 3.63) is 51.6 Å². The highest BCUT2D eigenvalue weighted by molar-refractivity contribution is 7.17. The zero-order valence-corrected chi connectivity index (χ0v) is 15.3. The lowest BCUT2D eigenvalue weighted by atomic mass is 10.1. The number of aromatic nitrogens is 2. The van der Waals surface area contributed by atoms with E-state index in [-0.39, 0.29) is 23.7 Å². The third-order valence-electron chi connectivity index (χ3n) is 4.17. The van der Waals surface area contributed by atoms with Crippen LogP contribution in [0, 0.1) is 5.82 Å². The summed E-state index contributed by atoms with van der Waals surface area (Å²) in [6, 6.07) is 6.00. The highest BCUT2D eigenvalue weighted by Gasteiger charge is 2.18. The Morgan fingerprint density at radius 3 is 2.62 bits per heavy atom. The molecule has 0 spiro atoms. The van der Waals surface area contributed by atoms with Crippen molar-refractivity contribution >= 4 is 27.5 Å². The predicted octanol–water partition coefficient (Wildman–Crippen LogP) is 4.25. The van der Waals surface area contributed by atoms with E-state index in [1.807, 2.05) is 19.2 Å². The third kappa shape index (κ3) is 3.53. The van der Waals surface area contributed by atoms with E-state index >= 15 is 0 Å². The van der Waals surface area contributed by atoms with Crippen LogP contribution in [0.3, 0.4) is 0 Å². The topological polar surface area (TPSA) is 72.2 Å². The van der Waals surface area contributed by atoms with E-state index in [0.717, 1.165) is 11.1 Å². The standard InChI is InChI=1S/C19H19FN2O3S/c1-11(2)17-21-18-16(19(25)22(17)9-3-4-15(23)24)14(10-26-18)12-5-7-13(20)8-6-12/h5-8,10-11H,3-4,9H2,1-2H3,(H,23,24). The van der Waals surface area contributed by atoms with E-state index in [9.17, 15) is 14.0 Å². The van der Waals surface area contributed by atoms with Gasteiger partial charge in [-0.05, 0) is 24.1 Å². The summed E-state index contributed by atoms with van der Waals surface area (Å²) in [5, 5.41) is 11.2. The van der Waals surface area contributed by atoms with Gasteiger partial charge in [0.25, 0.3) is 5.56 Å². The number of hydrogen-bond donors (Lipinski definition) is 1. The molecule has 0 fully saturated rings. The summed E-state index contributed by atoms with van der Waals surface area (Å²) >= 11 is 1.38. The molecule has 0 bridgehead atoms. The van der Waals surface area contributed by atoms with E-state index in [1.165, 1.54) is 23.5 Å². The maximum Gasteiger partial charge on any atom is 0.303 e. The minimum atomic E-state index is -0.888. The van der Waals surface area contributed by atoms with Gasteiger partial charge in [0.05, 0.1) is 5.39 Å². The number of fused-ring (bicyclic) bond motifs is 1. The van der Waals surface area contributed by atoms with Crippen LogP contribution >= 0.6 is 11.3 Å². The van der Waals surface area contributed by atoms with Crippen LogP contribution in [-0.2, 0) is 11.3 Å². The zero-order chi connectivity index (χ0) is 18.8. The Morgan fingerprint density at radius 1 is 1.31 bits per heavy atom. The lowest BCUT2D eigenvalue weighted by molar-refractivity contribution is -0.137. The first-order chi connectivity index (χ1) is 12.4. The van der Waals surface area contributed by atoms with Gasteiger partial charge in [-0.25, -0.2) is 9.37 Å². The lowest BCUT2D eigenvalue weighted by Gasteiger charge is -2.15. The number of carboxylic acid groups (broad SMARTS) is 1. The van der Waals surface area contributed by atoms with Crippen molar-refractivity contribution < 1.29 is 14.3 Å². The average molecular weight is 374 g/mol. The van der Waals surface area contributed by atoms with Crippen LogP contribution in [0.5, 0.6) is 0 Å². The first-order valence-electron chi connectivity index (χ1n) is 8.38. The van der Waals surface area contributed by atoms with Gasteiger partial charge in [0.2, 0.25) is 0 Å². The molecule has 3 aromatic rings. The molecular formula is C19H19FN2O3S. The highest BCUT2D eigenvalue weighted by atomic mass is 32.1. The van der Waals surface area contributed by atoms with Gasteiger partial charge in [0, 0.05) is 29.8 Å². The molecule has 26 heavy (non-hydrogen) atoms. The molecule has 2 heterocycles. The monoisotopic (exact) mass is 374 g/mol. The van der Waals surface area contributed by atoms with Crippen molar-refractivity contribution in [2.75, 3.05) is 0 Å². The van der Waals surface area contributed by atoms with Gasteiger partial charge in [-0.2, -0.15) is 0 Å². The van der Waals surface area contributed by atoms with Gasteiger partial charge >= 0.3 is 5.97 Å². The normalized spacial score (nSPS) is 11.4. The molecule has 0 aliphatic carbocycles. The van der Waals surface area contributed by atoms with E-state index in [0.29, 0.717) is 29.0 Å². The Morgan fingerprint density at radius 2 is 2.00 bits per heavy atom. The number of benzene rings is 1. The minimum absolute atomic E-state index is 0.00350. The molecule has 7 heteroatoms. The van der Waals surface area contributed by atoms with Crippen LogP contribution in [0.1, 0.15) is 38.4 Å². The second kappa shape index (κ2) is 7.37. The number of hydrogen-bond acceptors (Lipinski definition) is 4. The Balaban J connectivity index is 2.15. The number of halogens is 1. The van der Waals surface area contributed by atoms with Crippen LogP contribution in [-0.4, -0.2) is 20.6 Å². The van der Waals surface area contributed by atoms with Crippen LogP contribution in [0.15, 0.2) is 34.4 Å². The number of nitrogens with zero attached hydrogens (tertiary/aromatic N) is 2. The molecule has 2 aromatic heterocycles. The Hall–Kier alpha value is -2.54. The van der Waals surface area contributed by atoms with Crippen LogP contribution < -0.4 is 5.56 Å². The Kier molecular flexibility index (Phi) is 5.18. The number of carboxylic acids is 1. The molecule has 0 radical (unpaired) electrons. The van der Waals surface area contributed by atoms with Crippen molar-refractivity contribution in [3.63, 3.8) is 0 Å². The second-order valence-corrected chi connectivity index (χ2v) is 7.27. The van der Waals surface area contributed by atoms with Gasteiger partial charge in [-0.1, -0.05) is 26.0 Å². The highest BCUT2D eigenvalue weighted by Crippen LogP contribution is 2.32. The molecule has 0 aliphatic rings. The number of carbonyl (C=O) groups is 1. The quantitative estimate of drug-likeness (QED) is 0.700. The molecule has 0 amide bonds. The average Bonchev–Trinajstić information content (AvgIpc) is 3.01. The van der Waals surface area contributed by atoms with Crippen LogP contribution in [0.4, 0.5) is 4.39 Å². The lowest BCUT2D eigenvalue weighted by Crippen LogP contribution is -2.26. The van der Waals surface area contributed by atoms with Crippen LogP contribution in [0.2, 0.25) is 0 Å². The summed E-state index contributed by atoms with van der Waals surface area (Å²) < 4.78 is 14.8. The van der Waals surface area contributed by atoms with E-state index in [1.54, 1.807) is 16.7 Å². The number of thiophene rings is 1. The Bertz CT molecular complexity index is 1010. The maximum atomic E-state index is 13.2. The van der Waals surface area contributed by atoms with Crippen molar-refractivity contribution in [2.45, 2.75) is 39.2 Å². The minimum Gasteiger partial charge on any atom is -0.481 e. The molecule has 0 aliphatic heterocycles. The van der Waals surface area contributed by atoms with Gasteiger partial charge in [-0.3, -0.25) is 14.2 Å². The van der Waals surface area contributed by atoms with E-state index < -0.39 is 5.97 Å². The van der Waals surface area contributed by atoms with Crippen molar-refractivity contribution in [2.24, 2.45) is 0 Å². The summed E-state index contributed by atoms with van der Waals surface area (Å²) in [6.07, 6.45) is 0.356. The number of rotatable bonds is 6. The predicted molar refractivity (Wildman–Crippen MR) is 100 cm³/mol. The van der Waals surface area contributed by atoms with Crippen molar-refractivity contribution in [1.29, 1.82) is 0 Å². The molecule has 0 saturated carbocycles. The Labute approximate surface area is 153 Å². The van der Waals surface area contributed by atoms with Crippen molar-refractivity contribution in [3.8, 4) is 11.1 Å². The van der Waals surface area contributed by atoms with Gasteiger partial charge in [0.15, 0.2) is 0 Å². The SMILES string of the molecule is CC(C)c1nc2scc(-c3ccc(F)cc3)c2c(=O)n1CCCC(=O)O. The maximum absolute atomic E-state index is 13.2. The van der Waals surface area contributed by atoms with Crippen LogP contribution in [0.25, 0.3) is 21.3 Å². The number of aliphatic carboxylic acids is 1. The fraction of sp³-hybridized carbons (Fsp3) is 0.316.